The minimum atomic E-state index is -1.12. The summed E-state index contributed by atoms with van der Waals surface area (Å²) in [6, 6.07) is 23.4. The number of hydrogen-bond acceptors (Lipinski definition) is 3. The van der Waals surface area contributed by atoms with Gasteiger partial charge in [0.05, 0.1) is 6.10 Å². The fourth-order valence-corrected chi connectivity index (χ4v) is 4.40. The zero-order valence-electron chi connectivity index (χ0n) is 16.6. The van der Waals surface area contributed by atoms with Crippen LogP contribution in [0.3, 0.4) is 0 Å². The molecule has 148 valence electrons. The summed E-state index contributed by atoms with van der Waals surface area (Å²) in [5.41, 5.74) is 11.5. The van der Waals surface area contributed by atoms with Gasteiger partial charge in [0.1, 0.15) is 11.6 Å². The van der Waals surface area contributed by atoms with E-state index in [1.165, 1.54) is 0 Å². The van der Waals surface area contributed by atoms with Crippen LogP contribution >= 0.6 is 0 Å². The Labute approximate surface area is 171 Å². The van der Waals surface area contributed by atoms with Crippen molar-refractivity contribution in [2.24, 2.45) is 5.73 Å². The molecule has 1 aliphatic rings. The quantitative estimate of drug-likeness (QED) is 0.660. The molecule has 0 saturated heterocycles. The van der Waals surface area contributed by atoms with E-state index in [0.717, 1.165) is 39.8 Å². The molecule has 1 aliphatic carbocycles. The molecule has 0 aromatic heterocycles. The van der Waals surface area contributed by atoms with Crippen LogP contribution in [0.2, 0.25) is 0 Å². The summed E-state index contributed by atoms with van der Waals surface area (Å²) in [4.78, 5) is 11.6. The lowest BCUT2D eigenvalue weighted by Crippen LogP contribution is -2.46. The van der Waals surface area contributed by atoms with Crippen LogP contribution in [0.15, 0.2) is 72.8 Å². The first-order valence-corrected chi connectivity index (χ1v) is 9.94. The van der Waals surface area contributed by atoms with Crippen molar-refractivity contribution >= 4 is 5.97 Å². The fourth-order valence-electron chi connectivity index (χ4n) is 4.40. The maximum absolute atomic E-state index is 11.6. The number of benzene rings is 3. The minimum Gasteiger partial charge on any atom is -0.480 e. The number of aliphatic carboxylic acids is 1. The molecule has 3 N–H and O–H groups in total. The average molecular weight is 387 g/mol. The number of carboxylic acid groups (broad SMARTS) is 1. The molecule has 3 aromatic carbocycles. The second-order valence-electron chi connectivity index (χ2n) is 7.47. The molecule has 0 radical (unpaired) electrons. The van der Waals surface area contributed by atoms with Crippen molar-refractivity contribution in [3.8, 4) is 11.1 Å². The first-order chi connectivity index (χ1) is 14.0. The van der Waals surface area contributed by atoms with Crippen molar-refractivity contribution < 1.29 is 14.6 Å². The predicted octanol–water partition coefficient (Wildman–Crippen LogP) is 4.34. The highest BCUT2D eigenvalue weighted by molar-refractivity contribution is 5.82. The van der Waals surface area contributed by atoms with Gasteiger partial charge in [0.15, 0.2) is 0 Å². The number of rotatable bonds is 6. The molecule has 3 aromatic rings. The molecular formula is C25H25NO3. The summed E-state index contributed by atoms with van der Waals surface area (Å²) in [6.45, 7) is 3.85. The van der Waals surface area contributed by atoms with E-state index in [1.807, 2.05) is 36.4 Å². The Balaban J connectivity index is 2.03. The number of ether oxygens (including phenoxy) is 1. The number of aryl methyl sites for hydroxylation is 1. The van der Waals surface area contributed by atoms with E-state index >= 15 is 0 Å². The van der Waals surface area contributed by atoms with Gasteiger partial charge in [0, 0.05) is 11.1 Å². The van der Waals surface area contributed by atoms with Crippen LogP contribution < -0.4 is 5.73 Å². The molecule has 0 fully saturated rings. The molecule has 0 saturated carbocycles. The summed E-state index contributed by atoms with van der Waals surface area (Å²) in [5, 5.41) is 9.47. The van der Waals surface area contributed by atoms with E-state index < -0.39 is 23.7 Å². The monoisotopic (exact) mass is 387 g/mol. The Hall–Kier alpha value is -2.95. The molecule has 0 bridgehead atoms. The van der Waals surface area contributed by atoms with Crippen molar-refractivity contribution in [2.75, 3.05) is 0 Å². The largest absolute Gasteiger partial charge is 0.480 e. The van der Waals surface area contributed by atoms with Gasteiger partial charge in [-0.05, 0) is 35.6 Å². The van der Waals surface area contributed by atoms with Crippen molar-refractivity contribution in [3.05, 3.63) is 95.1 Å². The van der Waals surface area contributed by atoms with Crippen LogP contribution in [0.4, 0.5) is 0 Å². The molecule has 2 atom stereocenters. The van der Waals surface area contributed by atoms with E-state index in [-0.39, 0.29) is 0 Å². The summed E-state index contributed by atoms with van der Waals surface area (Å²) in [7, 11) is 0. The highest BCUT2D eigenvalue weighted by Gasteiger charge is 2.48. The highest BCUT2D eigenvalue weighted by atomic mass is 16.5. The minimum absolute atomic E-state index is 0.698. The molecule has 0 aliphatic heterocycles. The van der Waals surface area contributed by atoms with Crippen molar-refractivity contribution in [1.29, 1.82) is 0 Å². The smallest absolute Gasteiger partial charge is 0.323 e. The SMILES string of the molecule is CCc1ccccc1C1(O[C@H](C)[C@H](N)C(=O)O)c2ccccc2-c2ccccc21. The first kappa shape index (κ1) is 19.4. The van der Waals surface area contributed by atoms with Gasteiger partial charge in [-0.1, -0.05) is 79.7 Å². The predicted molar refractivity (Wildman–Crippen MR) is 114 cm³/mol. The highest BCUT2D eigenvalue weighted by Crippen LogP contribution is 2.54. The lowest BCUT2D eigenvalue weighted by atomic mass is 9.80. The summed E-state index contributed by atoms with van der Waals surface area (Å²) >= 11 is 0. The third-order valence-electron chi connectivity index (χ3n) is 5.83. The van der Waals surface area contributed by atoms with Crippen LogP contribution in [0, 0.1) is 0 Å². The molecular weight excluding hydrogens is 362 g/mol. The molecule has 0 heterocycles. The second-order valence-corrected chi connectivity index (χ2v) is 7.47. The fraction of sp³-hybridized carbons (Fsp3) is 0.240. The van der Waals surface area contributed by atoms with E-state index in [4.69, 9.17) is 10.5 Å². The van der Waals surface area contributed by atoms with Crippen LogP contribution in [-0.4, -0.2) is 23.2 Å². The lowest BCUT2D eigenvalue weighted by molar-refractivity contribution is -0.144. The Morgan fingerprint density at radius 2 is 1.41 bits per heavy atom. The Morgan fingerprint density at radius 3 is 1.93 bits per heavy atom. The van der Waals surface area contributed by atoms with Crippen molar-refractivity contribution in [2.45, 2.75) is 38.0 Å². The molecule has 4 rings (SSSR count). The number of hydrogen-bond donors (Lipinski definition) is 2. The molecule has 0 spiro atoms. The molecule has 29 heavy (non-hydrogen) atoms. The van der Waals surface area contributed by atoms with E-state index in [9.17, 15) is 9.90 Å². The van der Waals surface area contributed by atoms with Gasteiger partial charge in [-0.15, -0.1) is 0 Å². The van der Waals surface area contributed by atoms with Crippen LogP contribution in [-0.2, 0) is 21.6 Å². The van der Waals surface area contributed by atoms with Crippen LogP contribution in [0.25, 0.3) is 11.1 Å². The topological polar surface area (TPSA) is 72.5 Å². The zero-order chi connectivity index (χ0) is 20.6. The van der Waals surface area contributed by atoms with Gasteiger partial charge in [-0.2, -0.15) is 0 Å². The van der Waals surface area contributed by atoms with E-state index in [1.54, 1.807) is 6.92 Å². The molecule has 4 nitrogen and oxygen atoms in total. The average Bonchev–Trinajstić information content (AvgIpc) is 3.04. The van der Waals surface area contributed by atoms with Gasteiger partial charge < -0.3 is 15.6 Å². The number of nitrogens with two attached hydrogens (primary N) is 1. The third-order valence-corrected chi connectivity index (χ3v) is 5.83. The van der Waals surface area contributed by atoms with Gasteiger partial charge >= 0.3 is 5.97 Å². The summed E-state index contributed by atoms with van der Waals surface area (Å²) in [6.07, 6.45) is 0.141. The van der Waals surface area contributed by atoms with Crippen LogP contribution in [0.1, 0.15) is 36.1 Å². The number of carbonyl (C=O) groups is 1. The standard InChI is InChI=1S/C25H25NO3/c1-3-17-10-4-7-13-20(17)25(29-16(2)23(26)24(27)28)21-14-8-5-11-18(21)19-12-6-9-15-22(19)25/h4-16,23H,3,26H2,1-2H3,(H,27,28)/t16-,23+/m1/s1. The third kappa shape index (κ3) is 2.96. The van der Waals surface area contributed by atoms with Gasteiger partial charge in [-0.25, -0.2) is 0 Å². The molecule has 0 unspecified atom stereocenters. The maximum atomic E-state index is 11.6. The molecule has 4 heteroatoms. The maximum Gasteiger partial charge on any atom is 0.323 e. The normalized spacial score (nSPS) is 16.0. The molecule has 0 amide bonds. The van der Waals surface area contributed by atoms with Crippen molar-refractivity contribution in [1.82, 2.24) is 0 Å². The van der Waals surface area contributed by atoms with E-state index in [2.05, 4.69) is 43.3 Å². The van der Waals surface area contributed by atoms with E-state index in [0.29, 0.717) is 0 Å². The van der Waals surface area contributed by atoms with Gasteiger partial charge in [-0.3, -0.25) is 4.79 Å². The summed E-state index contributed by atoms with van der Waals surface area (Å²) in [5.74, 6) is -1.07. The lowest BCUT2D eigenvalue weighted by Gasteiger charge is -2.37. The van der Waals surface area contributed by atoms with Gasteiger partial charge in [0.25, 0.3) is 0 Å². The summed E-state index contributed by atoms with van der Waals surface area (Å²) < 4.78 is 6.70. The Kier molecular flexibility index (Phi) is 4.99. The van der Waals surface area contributed by atoms with Gasteiger partial charge in [0.2, 0.25) is 0 Å². The Bertz CT molecular complexity index is 1010. The van der Waals surface area contributed by atoms with Crippen molar-refractivity contribution in [3.63, 3.8) is 0 Å². The zero-order valence-corrected chi connectivity index (χ0v) is 16.6. The first-order valence-electron chi connectivity index (χ1n) is 9.94. The Morgan fingerprint density at radius 1 is 0.931 bits per heavy atom. The van der Waals surface area contributed by atoms with Crippen LogP contribution in [0.5, 0.6) is 0 Å². The number of carboxylic acids is 1. The second kappa shape index (κ2) is 7.47. The number of fused-ring (bicyclic) bond motifs is 3.